The largest absolute Gasteiger partial charge is 0.261 e. The molecular formula is C19H14F2N4. The average Bonchev–Trinajstić information content (AvgIpc) is 3.01. The summed E-state index contributed by atoms with van der Waals surface area (Å²) in [5, 5.41) is 4.39. The highest BCUT2D eigenvalue weighted by molar-refractivity contribution is 5.80. The lowest BCUT2D eigenvalue weighted by Crippen LogP contribution is -2.04. The van der Waals surface area contributed by atoms with E-state index in [1.807, 2.05) is 29.8 Å². The van der Waals surface area contributed by atoms with Gasteiger partial charge in [-0.3, -0.25) is 14.6 Å². The highest BCUT2D eigenvalue weighted by Gasteiger charge is 2.10. The third-order valence-corrected chi connectivity index (χ3v) is 4.18. The molecule has 4 rings (SSSR count). The first-order chi connectivity index (χ1) is 12.1. The summed E-state index contributed by atoms with van der Waals surface area (Å²) in [7, 11) is 0. The van der Waals surface area contributed by atoms with Crippen LogP contribution in [0.25, 0.3) is 22.2 Å². The molecule has 0 radical (unpaired) electrons. The van der Waals surface area contributed by atoms with Crippen LogP contribution >= 0.6 is 0 Å². The minimum absolute atomic E-state index is 0.562. The van der Waals surface area contributed by atoms with E-state index in [-0.39, 0.29) is 0 Å². The van der Waals surface area contributed by atoms with Crippen molar-refractivity contribution in [1.29, 1.82) is 0 Å². The number of rotatable bonds is 3. The molecule has 0 saturated heterocycles. The second-order valence-electron chi connectivity index (χ2n) is 5.81. The van der Waals surface area contributed by atoms with E-state index in [0.717, 1.165) is 28.4 Å². The minimum atomic E-state index is -0.878. The van der Waals surface area contributed by atoms with Crippen LogP contribution in [-0.4, -0.2) is 19.7 Å². The van der Waals surface area contributed by atoms with Crippen molar-refractivity contribution in [2.24, 2.45) is 0 Å². The van der Waals surface area contributed by atoms with Gasteiger partial charge in [0.15, 0.2) is 11.6 Å². The number of fused-ring (bicyclic) bond motifs is 1. The lowest BCUT2D eigenvalue weighted by molar-refractivity contribution is 0.509. The second kappa shape index (κ2) is 6.05. The Kier molecular flexibility index (Phi) is 3.72. The van der Waals surface area contributed by atoms with E-state index in [9.17, 15) is 8.78 Å². The van der Waals surface area contributed by atoms with E-state index in [0.29, 0.717) is 17.7 Å². The molecule has 0 aliphatic heterocycles. The van der Waals surface area contributed by atoms with E-state index in [4.69, 9.17) is 0 Å². The summed E-state index contributed by atoms with van der Waals surface area (Å²) < 4.78 is 28.5. The SMILES string of the molecule is Cc1ncccc1Cn1ncc2ncc(-c3ccc(F)c(F)c3)cc21. The lowest BCUT2D eigenvalue weighted by atomic mass is 10.1. The molecule has 3 heterocycles. The van der Waals surface area contributed by atoms with Gasteiger partial charge in [0.05, 0.1) is 18.3 Å². The number of halogens is 2. The summed E-state index contributed by atoms with van der Waals surface area (Å²) in [6, 6.07) is 9.59. The molecule has 124 valence electrons. The van der Waals surface area contributed by atoms with Gasteiger partial charge in [-0.1, -0.05) is 12.1 Å². The zero-order chi connectivity index (χ0) is 17.4. The van der Waals surface area contributed by atoms with Crippen molar-refractivity contribution in [2.45, 2.75) is 13.5 Å². The van der Waals surface area contributed by atoms with Crippen molar-refractivity contribution in [3.8, 4) is 11.1 Å². The summed E-state index contributed by atoms with van der Waals surface area (Å²) in [6.45, 7) is 2.51. The molecular weight excluding hydrogens is 322 g/mol. The standard InChI is InChI=1S/C19H14F2N4/c1-12-14(3-2-6-22-12)11-25-19-8-15(9-23-18(19)10-24-25)13-4-5-16(20)17(21)7-13/h2-10H,11H2,1H3. The molecule has 0 N–H and O–H groups in total. The summed E-state index contributed by atoms with van der Waals surface area (Å²) >= 11 is 0. The second-order valence-corrected chi connectivity index (χ2v) is 5.81. The maximum Gasteiger partial charge on any atom is 0.159 e. The van der Waals surface area contributed by atoms with Gasteiger partial charge in [-0.25, -0.2) is 8.78 Å². The summed E-state index contributed by atoms with van der Waals surface area (Å²) in [4.78, 5) is 8.67. The first-order valence-corrected chi connectivity index (χ1v) is 7.79. The molecule has 25 heavy (non-hydrogen) atoms. The van der Waals surface area contributed by atoms with Gasteiger partial charge in [-0.15, -0.1) is 0 Å². The molecule has 6 heteroatoms. The van der Waals surface area contributed by atoms with Crippen molar-refractivity contribution in [3.05, 3.63) is 77.9 Å². The Bertz CT molecular complexity index is 1070. The van der Waals surface area contributed by atoms with Crippen LogP contribution in [0.15, 0.2) is 55.0 Å². The van der Waals surface area contributed by atoms with E-state index in [1.54, 1.807) is 18.6 Å². The molecule has 4 nitrogen and oxygen atoms in total. The predicted molar refractivity (Wildman–Crippen MR) is 91.0 cm³/mol. The molecule has 0 aliphatic rings. The van der Waals surface area contributed by atoms with Gasteiger partial charge >= 0.3 is 0 Å². The Morgan fingerprint density at radius 3 is 2.64 bits per heavy atom. The van der Waals surface area contributed by atoms with Crippen molar-refractivity contribution in [2.75, 3.05) is 0 Å². The van der Waals surface area contributed by atoms with Crippen molar-refractivity contribution in [3.63, 3.8) is 0 Å². The monoisotopic (exact) mass is 336 g/mol. The lowest BCUT2D eigenvalue weighted by Gasteiger charge is -2.07. The molecule has 4 aromatic rings. The molecule has 0 fully saturated rings. The summed E-state index contributed by atoms with van der Waals surface area (Å²) in [5.41, 5.74) is 4.84. The van der Waals surface area contributed by atoms with Gasteiger partial charge in [-0.2, -0.15) is 5.10 Å². The van der Waals surface area contributed by atoms with Crippen LogP contribution in [0.5, 0.6) is 0 Å². The first-order valence-electron chi connectivity index (χ1n) is 7.79. The van der Waals surface area contributed by atoms with Crippen LogP contribution in [0.2, 0.25) is 0 Å². The highest BCUT2D eigenvalue weighted by atomic mass is 19.2. The molecule has 0 atom stereocenters. The highest BCUT2D eigenvalue weighted by Crippen LogP contribution is 2.24. The zero-order valence-corrected chi connectivity index (χ0v) is 13.4. The van der Waals surface area contributed by atoms with Gasteiger partial charge in [-0.05, 0) is 42.3 Å². The van der Waals surface area contributed by atoms with Gasteiger partial charge in [0.2, 0.25) is 0 Å². The van der Waals surface area contributed by atoms with Crippen LogP contribution in [0.3, 0.4) is 0 Å². The zero-order valence-electron chi connectivity index (χ0n) is 13.4. The van der Waals surface area contributed by atoms with E-state index < -0.39 is 11.6 Å². The molecule has 0 unspecified atom stereocenters. The average molecular weight is 336 g/mol. The molecule has 3 aromatic heterocycles. The van der Waals surface area contributed by atoms with Crippen LogP contribution in [0.1, 0.15) is 11.3 Å². The number of aryl methyl sites for hydroxylation is 1. The fourth-order valence-corrected chi connectivity index (χ4v) is 2.76. The Balaban J connectivity index is 1.77. The van der Waals surface area contributed by atoms with Gasteiger partial charge in [0, 0.05) is 23.7 Å². The number of pyridine rings is 2. The Morgan fingerprint density at radius 1 is 0.960 bits per heavy atom. The number of hydrogen-bond acceptors (Lipinski definition) is 3. The first kappa shape index (κ1) is 15.4. The molecule has 0 saturated carbocycles. The molecule has 0 bridgehead atoms. The normalized spacial score (nSPS) is 11.2. The van der Waals surface area contributed by atoms with E-state index >= 15 is 0 Å². The van der Waals surface area contributed by atoms with Gasteiger partial charge in [0.1, 0.15) is 5.52 Å². The maximum absolute atomic E-state index is 13.5. The predicted octanol–water partition coefficient (Wildman–Crippen LogP) is 4.13. The number of nitrogens with zero attached hydrogens (tertiary/aromatic N) is 4. The molecule has 0 spiro atoms. The van der Waals surface area contributed by atoms with Gasteiger partial charge in [0.25, 0.3) is 0 Å². The minimum Gasteiger partial charge on any atom is -0.261 e. The quantitative estimate of drug-likeness (QED) is 0.565. The van der Waals surface area contributed by atoms with Crippen molar-refractivity contribution >= 4 is 11.0 Å². The fourth-order valence-electron chi connectivity index (χ4n) is 2.76. The van der Waals surface area contributed by atoms with Crippen LogP contribution in [0, 0.1) is 18.6 Å². The van der Waals surface area contributed by atoms with Gasteiger partial charge < -0.3 is 0 Å². The summed E-state index contributed by atoms with van der Waals surface area (Å²) in [5.74, 6) is -1.74. The van der Waals surface area contributed by atoms with Crippen molar-refractivity contribution < 1.29 is 8.78 Å². The van der Waals surface area contributed by atoms with E-state index in [2.05, 4.69) is 15.1 Å². The van der Waals surface area contributed by atoms with Crippen LogP contribution in [-0.2, 0) is 6.54 Å². The maximum atomic E-state index is 13.5. The summed E-state index contributed by atoms with van der Waals surface area (Å²) in [6.07, 6.45) is 5.08. The molecule has 0 aliphatic carbocycles. The van der Waals surface area contributed by atoms with Crippen LogP contribution in [0.4, 0.5) is 8.78 Å². The Labute approximate surface area is 142 Å². The number of benzene rings is 1. The third-order valence-electron chi connectivity index (χ3n) is 4.18. The Morgan fingerprint density at radius 2 is 1.84 bits per heavy atom. The molecule has 1 aromatic carbocycles. The topological polar surface area (TPSA) is 43.6 Å². The smallest absolute Gasteiger partial charge is 0.159 e. The Hall–Kier alpha value is -3.15. The number of hydrogen-bond donors (Lipinski definition) is 0. The number of aromatic nitrogens is 4. The fraction of sp³-hybridized carbons (Fsp3) is 0.105. The van der Waals surface area contributed by atoms with Crippen LogP contribution < -0.4 is 0 Å². The third kappa shape index (κ3) is 2.87. The van der Waals surface area contributed by atoms with E-state index in [1.165, 1.54) is 12.1 Å². The van der Waals surface area contributed by atoms with Crippen molar-refractivity contribution in [1.82, 2.24) is 19.7 Å². The molecule has 0 amide bonds.